The fraction of sp³-hybridized carbons (Fsp3) is 0.250. The molecule has 0 radical (unpaired) electrons. The number of methoxy groups -OCH3 is 2. The van der Waals surface area contributed by atoms with E-state index in [0.29, 0.717) is 17.9 Å². The number of ketones is 1. The second-order valence-corrected chi connectivity index (χ2v) is 8.55. The minimum absolute atomic E-state index is 0.179. The number of carbonyl (C=O) groups is 1. The zero-order valence-corrected chi connectivity index (χ0v) is 17.7. The van der Waals surface area contributed by atoms with E-state index in [2.05, 4.69) is 21.7 Å². The second-order valence-electron chi connectivity index (χ2n) is 7.57. The van der Waals surface area contributed by atoms with Crippen molar-refractivity contribution in [1.29, 1.82) is 0 Å². The number of hydrogen-bond donors (Lipinski definition) is 1. The number of hydrogen-bond acceptors (Lipinski definition) is 6. The molecule has 0 saturated heterocycles. The summed E-state index contributed by atoms with van der Waals surface area (Å²) in [5.74, 6) is 1.53. The number of nitrogens with one attached hydrogen (secondary N) is 1. The third kappa shape index (κ3) is 3.08. The Balaban J connectivity index is 1.67. The molecule has 0 amide bonds. The fourth-order valence-corrected chi connectivity index (χ4v) is 5.39. The Kier molecular flexibility index (Phi) is 4.79. The molecule has 2 atom stereocenters. The van der Waals surface area contributed by atoms with Crippen molar-refractivity contribution in [3.63, 3.8) is 0 Å². The first-order valence-electron chi connectivity index (χ1n) is 9.92. The van der Waals surface area contributed by atoms with Gasteiger partial charge in [-0.05, 0) is 41.1 Å². The third-order valence-electron chi connectivity index (χ3n) is 5.91. The smallest absolute Gasteiger partial charge is 0.162 e. The summed E-state index contributed by atoms with van der Waals surface area (Å²) in [6.07, 6.45) is 4.94. The van der Waals surface area contributed by atoms with Crippen molar-refractivity contribution >= 4 is 22.8 Å². The van der Waals surface area contributed by atoms with E-state index < -0.39 is 0 Å². The van der Waals surface area contributed by atoms with E-state index in [-0.39, 0.29) is 17.6 Å². The Hall–Kier alpha value is -3.12. The lowest BCUT2D eigenvalue weighted by atomic mass is 9.73. The van der Waals surface area contributed by atoms with Crippen LogP contribution in [0.1, 0.15) is 40.7 Å². The van der Waals surface area contributed by atoms with Gasteiger partial charge in [0.25, 0.3) is 0 Å². The third-order valence-corrected chi connectivity index (χ3v) is 6.95. The van der Waals surface area contributed by atoms with Crippen LogP contribution in [0.5, 0.6) is 11.5 Å². The number of anilines is 1. The molecule has 1 aliphatic carbocycles. The molecule has 30 heavy (non-hydrogen) atoms. The molecule has 6 heteroatoms. The quantitative estimate of drug-likeness (QED) is 0.637. The van der Waals surface area contributed by atoms with Gasteiger partial charge in [-0.2, -0.15) is 0 Å². The molecule has 152 valence electrons. The number of allylic oxidation sites excluding steroid dienone is 2. The molecule has 2 aromatic heterocycles. The first-order chi connectivity index (χ1) is 14.7. The highest BCUT2D eigenvalue weighted by atomic mass is 32.1. The van der Waals surface area contributed by atoms with Crippen molar-refractivity contribution in [2.75, 3.05) is 19.5 Å². The lowest BCUT2D eigenvalue weighted by Gasteiger charge is -2.36. The summed E-state index contributed by atoms with van der Waals surface area (Å²) >= 11 is 1.72. The summed E-state index contributed by atoms with van der Waals surface area (Å²) in [5.41, 5.74) is 4.79. The van der Waals surface area contributed by atoms with Gasteiger partial charge in [0.1, 0.15) is 0 Å². The summed E-state index contributed by atoms with van der Waals surface area (Å²) in [6, 6.07) is 12.1. The predicted octanol–water partition coefficient (Wildman–Crippen LogP) is 5.12. The Bertz CT molecular complexity index is 1120. The highest BCUT2D eigenvalue weighted by molar-refractivity contribution is 7.10. The van der Waals surface area contributed by atoms with E-state index in [1.54, 1.807) is 31.8 Å². The number of rotatable bonds is 4. The highest BCUT2D eigenvalue weighted by Gasteiger charge is 2.39. The van der Waals surface area contributed by atoms with Crippen molar-refractivity contribution in [2.24, 2.45) is 0 Å². The Labute approximate surface area is 179 Å². The van der Waals surface area contributed by atoms with Gasteiger partial charge in [0.15, 0.2) is 17.3 Å². The lowest BCUT2D eigenvalue weighted by Crippen LogP contribution is -2.29. The number of aromatic nitrogens is 1. The largest absolute Gasteiger partial charge is 0.493 e. The maximum atomic E-state index is 13.4. The van der Waals surface area contributed by atoms with Crippen LogP contribution in [-0.2, 0) is 4.79 Å². The van der Waals surface area contributed by atoms with Crippen LogP contribution >= 0.6 is 11.3 Å². The van der Waals surface area contributed by atoms with E-state index >= 15 is 0 Å². The standard InChI is InChI=1S/C24H22N2O3S/c1-28-20-11-16-17(12-21(20)29-2)26-18-9-15(22-6-4-8-30-22)10-19(27)24(18)23(16)14-5-3-7-25-13-14/h3-8,11-13,15,23,26H,9-10H2,1-2H3/t15-,23-/m0/s1. The number of ether oxygens (including phenoxy) is 2. The normalized spacial score (nSPS) is 20.3. The van der Waals surface area contributed by atoms with E-state index in [1.807, 2.05) is 36.5 Å². The molecule has 0 spiro atoms. The second kappa shape index (κ2) is 7.61. The molecule has 5 nitrogen and oxygen atoms in total. The van der Waals surface area contributed by atoms with Crippen molar-refractivity contribution in [3.8, 4) is 11.5 Å². The molecule has 1 N–H and O–H groups in total. The lowest BCUT2D eigenvalue weighted by molar-refractivity contribution is -0.116. The molecule has 0 unspecified atom stereocenters. The van der Waals surface area contributed by atoms with Gasteiger partial charge in [0, 0.05) is 58.6 Å². The molecule has 0 bridgehead atoms. The summed E-state index contributed by atoms with van der Waals surface area (Å²) in [7, 11) is 3.26. The van der Waals surface area contributed by atoms with Gasteiger partial charge in [-0.3, -0.25) is 9.78 Å². The number of carbonyl (C=O) groups excluding carboxylic acids is 1. The zero-order chi connectivity index (χ0) is 20.7. The molecule has 3 aromatic rings. The van der Waals surface area contributed by atoms with Gasteiger partial charge in [-0.25, -0.2) is 0 Å². The number of Topliss-reactive ketones (excluding diaryl/α,β-unsaturated/α-hetero) is 1. The van der Waals surface area contributed by atoms with E-state index in [9.17, 15) is 4.79 Å². The molecule has 3 heterocycles. The predicted molar refractivity (Wildman–Crippen MR) is 118 cm³/mol. The molecule has 2 aliphatic rings. The number of thiophene rings is 1. The monoisotopic (exact) mass is 418 g/mol. The first kappa shape index (κ1) is 18.9. The zero-order valence-electron chi connectivity index (χ0n) is 16.8. The van der Waals surface area contributed by atoms with Gasteiger partial charge in [0.2, 0.25) is 0 Å². The molecule has 5 rings (SSSR count). The SMILES string of the molecule is COc1cc2c(cc1OC)[C@H](c1cccnc1)C1=C(C[C@H](c3cccs3)CC1=O)N2. The molecule has 1 aliphatic heterocycles. The van der Waals surface area contributed by atoms with Crippen LogP contribution in [0.15, 0.2) is 65.4 Å². The first-order valence-corrected chi connectivity index (χ1v) is 10.8. The molecular weight excluding hydrogens is 396 g/mol. The maximum absolute atomic E-state index is 13.4. The summed E-state index contributed by atoms with van der Waals surface area (Å²) in [6.45, 7) is 0. The van der Waals surface area contributed by atoms with Gasteiger partial charge in [0.05, 0.1) is 14.2 Å². The molecule has 1 aromatic carbocycles. The average molecular weight is 419 g/mol. The van der Waals surface area contributed by atoms with Crippen LogP contribution in [0.25, 0.3) is 0 Å². The number of benzene rings is 1. The van der Waals surface area contributed by atoms with Crippen LogP contribution < -0.4 is 14.8 Å². The fourth-order valence-electron chi connectivity index (χ4n) is 4.56. The van der Waals surface area contributed by atoms with Crippen LogP contribution in [0.2, 0.25) is 0 Å². The van der Waals surface area contributed by atoms with Crippen molar-refractivity contribution in [3.05, 3.63) is 81.4 Å². The highest BCUT2D eigenvalue weighted by Crippen LogP contribution is 2.50. The Morgan fingerprint density at radius 2 is 1.93 bits per heavy atom. The number of nitrogens with zero attached hydrogens (tertiary/aromatic N) is 1. The summed E-state index contributed by atoms with van der Waals surface area (Å²) in [4.78, 5) is 19.0. The Morgan fingerprint density at radius 3 is 2.63 bits per heavy atom. The van der Waals surface area contributed by atoms with Gasteiger partial charge in [-0.15, -0.1) is 11.3 Å². The van der Waals surface area contributed by atoms with Crippen LogP contribution in [0.3, 0.4) is 0 Å². The van der Waals surface area contributed by atoms with E-state index in [0.717, 1.165) is 34.5 Å². The van der Waals surface area contributed by atoms with Crippen molar-refractivity contribution in [1.82, 2.24) is 4.98 Å². The summed E-state index contributed by atoms with van der Waals surface area (Å²) in [5, 5.41) is 5.63. The van der Waals surface area contributed by atoms with Crippen LogP contribution in [0.4, 0.5) is 5.69 Å². The number of fused-ring (bicyclic) bond motifs is 1. The Morgan fingerprint density at radius 1 is 1.10 bits per heavy atom. The minimum Gasteiger partial charge on any atom is -0.493 e. The molecule has 0 saturated carbocycles. The summed E-state index contributed by atoms with van der Waals surface area (Å²) < 4.78 is 11.1. The number of pyridine rings is 1. The molecule has 0 fully saturated rings. The van der Waals surface area contributed by atoms with E-state index in [1.165, 1.54) is 4.88 Å². The maximum Gasteiger partial charge on any atom is 0.162 e. The van der Waals surface area contributed by atoms with Crippen molar-refractivity contribution < 1.29 is 14.3 Å². The molecular formula is C24H22N2O3S. The van der Waals surface area contributed by atoms with Crippen molar-refractivity contribution in [2.45, 2.75) is 24.7 Å². The van der Waals surface area contributed by atoms with Crippen LogP contribution in [-0.4, -0.2) is 25.0 Å². The topological polar surface area (TPSA) is 60.5 Å². The van der Waals surface area contributed by atoms with Gasteiger partial charge >= 0.3 is 0 Å². The minimum atomic E-state index is -0.179. The van der Waals surface area contributed by atoms with Crippen LogP contribution in [0, 0.1) is 0 Å². The van der Waals surface area contributed by atoms with E-state index in [4.69, 9.17) is 9.47 Å². The van der Waals surface area contributed by atoms with Gasteiger partial charge < -0.3 is 14.8 Å². The average Bonchev–Trinajstić information content (AvgIpc) is 3.32. The van der Waals surface area contributed by atoms with Gasteiger partial charge in [-0.1, -0.05) is 12.1 Å².